The molecule has 1 aromatic rings. The first-order chi connectivity index (χ1) is 6.09. The third-order valence-corrected chi connectivity index (χ3v) is 1.66. The van der Waals surface area contributed by atoms with Gasteiger partial charge in [-0.15, -0.1) is 0 Å². The van der Waals surface area contributed by atoms with Crippen LogP contribution in [0.25, 0.3) is 0 Å². The van der Waals surface area contributed by atoms with E-state index in [0.29, 0.717) is 5.89 Å². The number of nitrogens with zero attached hydrogens (tertiary/aromatic N) is 3. The molecule has 1 atom stereocenters. The molecular formula is C8H16N4O. The molecule has 0 aliphatic carbocycles. The molecule has 0 radical (unpaired) electrons. The van der Waals surface area contributed by atoms with Gasteiger partial charge in [0.1, 0.15) is 0 Å². The molecule has 0 saturated heterocycles. The van der Waals surface area contributed by atoms with E-state index in [1.54, 1.807) is 0 Å². The van der Waals surface area contributed by atoms with Crippen LogP contribution < -0.4 is 5.73 Å². The van der Waals surface area contributed by atoms with Gasteiger partial charge in [-0.05, 0) is 21.0 Å². The van der Waals surface area contributed by atoms with Crippen molar-refractivity contribution in [3.63, 3.8) is 0 Å². The van der Waals surface area contributed by atoms with E-state index in [0.717, 1.165) is 18.8 Å². The van der Waals surface area contributed by atoms with Crippen LogP contribution in [0.15, 0.2) is 4.52 Å². The molecule has 1 aromatic heterocycles. The maximum Gasteiger partial charge on any atom is 0.243 e. The summed E-state index contributed by atoms with van der Waals surface area (Å²) in [4.78, 5) is 6.22. The fourth-order valence-corrected chi connectivity index (χ4v) is 0.878. The summed E-state index contributed by atoms with van der Waals surface area (Å²) < 4.78 is 4.95. The normalized spacial score (nSPS) is 13.6. The lowest BCUT2D eigenvalue weighted by Gasteiger charge is -2.05. The topological polar surface area (TPSA) is 68.2 Å². The van der Waals surface area contributed by atoms with Gasteiger partial charge in [0.2, 0.25) is 5.89 Å². The Bertz CT molecular complexity index is 256. The molecule has 0 saturated carbocycles. The average Bonchev–Trinajstić information content (AvgIpc) is 2.48. The highest BCUT2D eigenvalue weighted by atomic mass is 16.5. The van der Waals surface area contributed by atoms with Crippen LogP contribution in [0, 0.1) is 0 Å². The highest BCUT2D eigenvalue weighted by Gasteiger charge is 2.09. The molecule has 0 fully saturated rings. The van der Waals surface area contributed by atoms with E-state index in [1.807, 2.05) is 21.0 Å². The van der Waals surface area contributed by atoms with E-state index >= 15 is 0 Å². The fraction of sp³-hybridized carbons (Fsp3) is 0.750. The summed E-state index contributed by atoms with van der Waals surface area (Å²) in [7, 11) is 4.01. The quantitative estimate of drug-likeness (QED) is 0.723. The van der Waals surface area contributed by atoms with Crippen LogP contribution in [0.5, 0.6) is 0 Å². The van der Waals surface area contributed by atoms with Gasteiger partial charge in [-0.25, -0.2) is 0 Å². The lowest BCUT2D eigenvalue weighted by Crippen LogP contribution is -2.15. The summed E-state index contributed by atoms with van der Waals surface area (Å²) in [6, 6.07) is -0.180. The fourth-order valence-electron chi connectivity index (χ4n) is 0.878. The molecule has 1 rings (SSSR count). The van der Waals surface area contributed by atoms with Crippen LogP contribution in [0.3, 0.4) is 0 Å². The lowest BCUT2D eigenvalue weighted by molar-refractivity contribution is 0.352. The Morgan fingerprint density at radius 2 is 2.23 bits per heavy atom. The van der Waals surface area contributed by atoms with Crippen LogP contribution in [0.2, 0.25) is 0 Å². The summed E-state index contributed by atoms with van der Waals surface area (Å²) in [6.07, 6.45) is 0.795. The standard InChI is InChI=1S/C8H16N4O/c1-6(9)8-10-7(11-13-8)4-5-12(2)3/h6H,4-5,9H2,1-3H3/t6-/m1/s1. The van der Waals surface area contributed by atoms with Gasteiger partial charge >= 0.3 is 0 Å². The Morgan fingerprint density at radius 3 is 2.69 bits per heavy atom. The van der Waals surface area contributed by atoms with Crippen LogP contribution in [0.1, 0.15) is 24.7 Å². The van der Waals surface area contributed by atoms with E-state index in [1.165, 1.54) is 0 Å². The Kier molecular flexibility index (Phi) is 3.39. The van der Waals surface area contributed by atoms with Gasteiger partial charge in [-0.1, -0.05) is 5.16 Å². The molecule has 0 spiro atoms. The van der Waals surface area contributed by atoms with E-state index in [2.05, 4.69) is 15.0 Å². The number of rotatable bonds is 4. The maximum atomic E-state index is 5.58. The van der Waals surface area contributed by atoms with Crippen molar-refractivity contribution < 1.29 is 4.52 Å². The second kappa shape index (κ2) is 4.34. The molecular weight excluding hydrogens is 168 g/mol. The summed E-state index contributed by atoms with van der Waals surface area (Å²) in [6.45, 7) is 2.74. The minimum absolute atomic E-state index is 0.180. The molecule has 5 heteroatoms. The Hall–Kier alpha value is -0.940. The first-order valence-electron chi connectivity index (χ1n) is 4.32. The van der Waals surface area contributed by atoms with Crippen molar-refractivity contribution in [2.75, 3.05) is 20.6 Å². The molecule has 5 nitrogen and oxygen atoms in total. The highest BCUT2D eigenvalue weighted by Crippen LogP contribution is 2.05. The van der Waals surface area contributed by atoms with Gasteiger partial charge in [-0.2, -0.15) is 4.98 Å². The number of hydrogen-bond donors (Lipinski definition) is 1. The van der Waals surface area contributed by atoms with Gasteiger partial charge in [0, 0.05) is 13.0 Å². The average molecular weight is 184 g/mol. The maximum absolute atomic E-state index is 5.58. The SMILES string of the molecule is C[C@@H](N)c1nc(CCN(C)C)no1. The Labute approximate surface area is 77.9 Å². The third kappa shape index (κ3) is 3.12. The molecule has 0 bridgehead atoms. The van der Waals surface area contributed by atoms with Crippen molar-refractivity contribution in [2.45, 2.75) is 19.4 Å². The van der Waals surface area contributed by atoms with Crippen molar-refractivity contribution in [3.8, 4) is 0 Å². The number of nitrogens with two attached hydrogens (primary N) is 1. The summed E-state index contributed by atoms with van der Waals surface area (Å²) in [5.41, 5.74) is 5.58. The minimum Gasteiger partial charge on any atom is -0.338 e. The molecule has 1 heterocycles. The predicted octanol–water partition coefficient (Wildman–Crippen LogP) is 0.193. The molecule has 74 valence electrons. The van der Waals surface area contributed by atoms with Gasteiger partial charge < -0.3 is 15.2 Å². The van der Waals surface area contributed by atoms with Crippen molar-refractivity contribution >= 4 is 0 Å². The zero-order chi connectivity index (χ0) is 9.84. The number of hydrogen-bond acceptors (Lipinski definition) is 5. The van der Waals surface area contributed by atoms with E-state index in [9.17, 15) is 0 Å². The molecule has 0 unspecified atom stereocenters. The molecule has 0 aromatic carbocycles. The second-order valence-corrected chi connectivity index (χ2v) is 3.39. The summed E-state index contributed by atoms with van der Waals surface area (Å²) in [5.74, 6) is 1.23. The van der Waals surface area contributed by atoms with Crippen LogP contribution >= 0.6 is 0 Å². The number of likely N-dealkylation sites (N-methyl/N-ethyl adjacent to an activating group) is 1. The summed E-state index contributed by atoms with van der Waals surface area (Å²) >= 11 is 0. The van der Waals surface area contributed by atoms with Crippen LogP contribution in [-0.2, 0) is 6.42 Å². The van der Waals surface area contributed by atoms with Crippen molar-refractivity contribution in [1.82, 2.24) is 15.0 Å². The first-order valence-corrected chi connectivity index (χ1v) is 4.32. The zero-order valence-corrected chi connectivity index (χ0v) is 8.32. The molecule has 2 N–H and O–H groups in total. The Morgan fingerprint density at radius 1 is 1.54 bits per heavy atom. The smallest absolute Gasteiger partial charge is 0.243 e. The highest BCUT2D eigenvalue weighted by molar-refractivity contribution is 4.90. The van der Waals surface area contributed by atoms with Gasteiger partial charge in [0.25, 0.3) is 0 Å². The van der Waals surface area contributed by atoms with Gasteiger partial charge in [0.15, 0.2) is 5.82 Å². The molecule has 0 aliphatic rings. The number of aromatic nitrogens is 2. The third-order valence-electron chi connectivity index (χ3n) is 1.66. The van der Waals surface area contributed by atoms with Gasteiger partial charge in [-0.3, -0.25) is 0 Å². The molecule has 0 aliphatic heterocycles. The molecule has 0 amide bonds. The van der Waals surface area contributed by atoms with Crippen LogP contribution in [0.4, 0.5) is 0 Å². The van der Waals surface area contributed by atoms with Crippen molar-refractivity contribution in [2.24, 2.45) is 5.73 Å². The van der Waals surface area contributed by atoms with E-state index in [4.69, 9.17) is 10.3 Å². The molecule has 13 heavy (non-hydrogen) atoms. The monoisotopic (exact) mass is 184 g/mol. The Balaban J connectivity index is 2.49. The minimum atomic E-state index is -0.180. The van der Waals surface area contributed by atoms with E-state index in [-0.39, 0.29) is 6.04 Å². The van der Waals surface area contributed by atoms with Gasteiger partial charge in [0.05, 0.1) is 6.04 Å². The lowest BCUT2D eigenvalue weighted by atomic mass is 10.3. The van der Waals surface area contributed by atoms with Crippen molar-refractivity contribution in [3.05, 3.63) is 11.7 Å². The van der Waals surface area contributed by atoms with E-state index < -0.39 is 0 Å². The zero-order valence-electron chi connectivity index (χ0n) is 8.32. The largest absolute Gasteiger partial charge is 0.338 e. The summed E-state index contributed by atoms with van der Waals surface area (Å²) in [5, 5.41) is 3.82. The first kappa shape index (κ1) is 10.1. The predicted molar refractivity (Wildman–Crippen MR) is 49.2 cm³/mol. The second-order valence-electron chi connectivity index (χ2n) is 3.39. The van der Waals surface area contributed by atoms with Crippen molar-refractivity contribution in [1.29, 1.82) is 0 Å². The van der Waals surface area contributed by atoms with Crippen LogP contribution in [-0.4, -0.2) is 35.7 Å².